The molecule has 0 bridgehead atoms. The van der Waals surface area contributed by atoms with Crippen molar-refractivity contribution >= 4 is 29.0 Å². The molecule has 2 aromatic rings. The molecule has 3 rings (SSSR count). The minimum Gasteiger partial charge on any atom is -0.322 e. The number of hydrogen-bond donors (Lipinski definition) is 1. The van der Waals surface area contributed by atoms with E-state index in [9.17, 15) is 4.79 Å². The van der Waals surface area contributed by atoms with Crippen molar-refractivity contribution in [2.45, 2.75) is 10.3 Å². The smallest absolute Gasteiger partial charge is 0.261 e. The lowest BCUT2D eigenvalue weighted by atomic mass is 10.3. The number of rotatable bonds is 2. The molecule has 1 aliphatic rings. The molecule has 0 radical (unpaired) electrons. The van der Waals surface area contributed by atoms with Crippen LogP contribution in [-0.4, -0.2) is 11.3 Å². The van der Waals surface area contributed by atoms with Gasteiger partial charge in [0, 0.05) is 4.90 Å². The monoisotopic (exact) mass is 269 g/mol. The Labute approximate surface area is 114 Å². The van der Waals surface area contributed by atoms with Gasteiger partial charge in [0.2, 0.25) is 0 Å². The summed E-state index contributed by atoms with van der Waals surface area (Å²) >= 11 is 1.41. The largest absolute Gasteiger partial charge is 0.322 e. The maximum Gasteiger partial charge on any atom is 0.261 e. The Kier molecular flexibility index (Phi) is 3.29. The normalized spacial score (nSPS) is 18.1. The van der Waals surface area contributed by atoms with E-state index < -0.39 is 5.37 Å². The molecule has 0 aromatic heterocycles. The molecule has 1 amide bonds. The molecule has 1 atom stereocenters. The summed E-state index contributed by atoms with van der Waals surface area (Å²) in [4.78, 5) is 12.9. The molecule has 1 heterocycles. The van der Waals surface area contributed by atoms with Gasteiger partial charge in [0.1, 0.15) is 0 Å². The zero-order valence-electron chi connectivity index (χ0n) is 9.98. The average molecular weight is 269 g/mol. The van der Waals surface area contributed by atoms with Crippen molar-refractivity contribution in [3.8, 4) is 0 Å². The molecule has 94 valence electrons. The predicted molar refractivity (Wildman–Crippen MR) is 75.7 cm³/mol. The molecule has 2 aromatic carbocycles. The Morgan fingerprint density at radius 1 is 1.00 bits per heavy atom. The van der Waals surface area contributed by atoms with Crippen LogP contribution in [0.2, 0.25) is 0 Å². The van der Waals surface area contributed by atoms with Crippen LogP contribution in [0.4, 0.5) is 11.4 Å². The second kappa shape index (κ2) is 5.24. The number of azo groups is 1. The minimum atomic E-state index is -0.532. The van der Waals surface area contributed by atoms with E-state index in [1.165, 1.54) is 11.8 Å². The van der Waals surface area contributed by atoms with Crippen LogP contribution in [0.3, 0.4) is 0 Å². The summed E-state index contributed by atoms with van der Waals surface area (Å²) in [6, 6.07) is 17.1. The van der Waals surface area contributed by atoms with Gasteiger partial charge < -0.3 is 5.32 Å². The fraction of sp³-hybridized carbons (Fsp3) is 0.0714. The Balaban J connectivity index is 1.80. The number of fused-ring (bicyclic) bond motifs is 1. The number of amides is 1. The minimum absolute atomic E-state index is 0.136. The van der Waals surface area contributed by atoms with Gasteiger partial charge in [0.25, 0.3) is 5.91 Å². The molecule has 4 nitrogen and oxygen atoms in total. The topological polar surface area (TPSA) is 53.8 Å². The van der Waals surface area contributed by atoms with Crippen LogP contribution in [0.1, 0.15) is 0 Å². The first-order chi connectivity index (χ1) is 9.33. The second-order valence-corrected chi connectivity index (χ2v) is 5.13. The highest BCUT2D eigenvalue weighted by Crippen LogP contribution is 2.36. The summed E-state index contributed by atoms with van der Waals surface area (Å²) in [6.45, 7) is 0. The van der Waals surface area contributed by atoms with Gasteiger partial charge in [-0.2, -0.15) is 10.2 Å². The summed E-state index contributed by atoms with van der Waals surface area (Å²) in [5.41, 5.74) is 1.58. The van der Waals surface area contributed by atoms with Crippen LogP contribution < -0.4 is 5.32 Å². The van der Waals surface area contributed by atoms with Crippen LogP contribution >= 0.6 is 11.8 Å². The van der Waals surface area contributed by atoms with Gasteiger partial charge in [-0.15, -0.1) is 0 Å². The Bertz CT molecular complexity index is 628. The number of nitrogens with one attached hydrogen (secondary N) is 1. The van der Waals surface area contributed by atoms with E-state index in [1.807, 2.05) is 54.6 Å². The van der Waals surface area contributed by atoms with Gasteiger partial charge >= 0.3 is 0 Å². The zero-order valence-corrected chi connectivity index (χ0v) is 10.8. The van der Waals surface area contributed by atoms with Gasteiger partial charge in [0.05, 0.1) is 11.4 Å². The molecule has 1 N–H and O–H groups in total. The summed E-state index contributed by atoms with van der Waals surface area (Å²) < 4.78 is 0. The third kappa shape index (κ3) is 2.66. The summed E-state index contributed by atoms with van der Waals surface area (Å²) in [5.74, 6) is -0.136. The summed E-state index contributed by atoms with van der Waals surface area (Å²) in [5, 5.41) is 10.5. The fourth-order valence-corrected chi connectivity index (χ4v) is 2.63. The van der Waals surface area contributed by atoms with Crippen molar-refractivity contribution in [2.75, 3.05) is 5.32 Å². The Morgan fingerprint density at radius 3 is 2.58 bits per heavy atom. The molecule has 1 unspecified atom stereocenters. The van der Waals surface area contributed by atoms with Crippen molar-refractivity contribution in [3.63, 3.8) is 0 Å². The van der Waals surface area contributed by atoms with Crippen molar-refractivity contribution < 1.29 is 4.79 Å². The number of carbonyl (C=O) groups excluding carboxylic acids is 1. The van der Waals surface area contributed by atoms with E-state index in [1.54, 1.807) is 0 Å². The Morgan fingerprint density at radius 2 is 1.74 bits per heavy atom. The van der Waals surface area contributed by atoms with Crippen LogP contribution in [0.25, 0.3) is 0 Å². The van der Waals surface area contributed by atoms with Gasteiger partial charge in [-0.1, -0.05) is 42.1 Å². The molecule has 0 saturated heterocycles. The highest BCUT2D eigenvalue weighted by molar-refractivity contribution is 8.01. The number of nitrogens with zero attached hydrogens (tertiary/aromatic N) is 2. The van der Waals surface area contributed by atoms with Crippen LogP contribution in [-0.2, 0) is 4.79 Å². The van der Waals surface area contributed by atoms with Crippen molar-refractivity contribution in [2.24, 2.45) is 10.2 Å². The van der Waals surface area contributed by atoms with Crippen molar-refractivity contribution in [1.29, 1.82) is 0 Å². The molecule has 0 fully saturated rings. The first-order valence-corrected chi connectivity index (χ1v) is 6.73. The van der Waals surface area contributed by atoms with E-state index in [2.05, 4.69) is 15.5 Å². The van der Waals surface area contributed by atoms with Gasteiger partial charge in [-0.05, 0) is 24.3 Å². The van der Waals surface area contributed by atoms with E-state index >= 15 is 0 Å². The van der Waals surface area contributed by atoms with Crippen LogP contribution in [0, 0.1) is 0 Å². The molecular formula is C14H11N3OS. The highest BCUT2D eigenvalue weighted by atomic mass is 32.2. The lowest BCUT2D eigenvalue weighted by Gasteiger charge is -2.20. The molecule has 5 heteroatoms. The van der Waals surface area contributed by atoms with E-state index in [0.717, 1.165) is 16.3 Å². The van der Waals surface area contributed by atoms with Gasteiger partial charge in [0.15, 0.2) is 5.37 Å². The predicted octanol–water partition coefficient (Wildman–Crippen LogP) is 3.84. The highest BCUT2D eigenvalue weighted by Gasteiger charge is 2.26. The number of anilines is 1. The lowest BCUT2D eigenvalue weighted by molar-refractivity contribution is -0.115. The SMILES string of the molecule is O=C1Nc2ccccc2SC1N=Nc1ccccc1. The summed E-state index contributed by atoms with van der Waals surface area (Å²) in [7, 11) is 0. The molecule has 1 aliphatic heterocycles. The van der Waals surface area contributed by atoms with E-state index in [0.29, 0.717) is 0 Å². The molecule has 0 saturated carbocycles. The Hall–Kier alpha value is -2.14. The number of benzene rings is 2. The van der Waals surface area contributed by atoms with Gasteiger partial charge in [-0.25, -0.2) is 0 Å². The third-order valence-corrected chi connectivity index (χ3v) is 3.78. The second-order valence-electron chi connectivity index (χ2n) is 4.01. The van der Waals surface area contributed by atoms with Crippen molar-refractivity contribution in [1.82, 2.24) is 0 Å². The van der Waals surface area contributed by atoms with Crippen LogP contribution in [0.5, 0.6) is 0 Å². The average Bonchev–Trinajstić information content (AvgIpc) is 2.46. The number of carbonyl (C=O) groups is 1. The quantitative estimate of drug-likeness (QED) is 0.842. The maximum absolute atomic E-state index is 11.9. The van der Waals surface area contributed by atoms with E-state index in [-0.39, 0.29) is 5.91 Å². The van der Waals surface area contributed by atoms with E-state index in [4.69, 9.17) is 0 Å². The van der Waals surface area contributed by atoms with Gasteiger partial charge in [-0.3, -0.25) is 4.79 Å². The first kappa shape index (κ1) is 11.9. The molecule has 19 heavy (non-hydrogen) atoms. The van der Waals surface area contributed by atoms with Crippen LogP contribution in [0.15, 0.2) is 69.7 Å². The first-order valence-electron chi connectivity index (χ1n) is 5.85. The lowest BCUT2D eigenvalue weighted by Crippen LogP contribution is -2.27. The number of para-hydroxylation sites is 1. The number of thioether (sulfide) groups is 1. The summed E-state index contributed by atoms with van der Waals surface area (Å²) in [6.07, 6.45) is 0. The zero-order chi connectivity index (χ0) is 13.1. The molecular weight excluding hydrogens is 258 g/mol. The molecule has 0 spiro atoms. The maximum atomic E-state index is 11.9. The standard InChI is InChI=1S/C14H11N3OS/c18-13-14(17-16-10-6-2-1-3-7-10)19-12-9-5-4-8-11(12)15-13/h1-9,14H,(H,15,18). The molecule has 0 aliphatic carbocycles. The number of hydrogen-bond acceptors (Lipinski definition) is 4. The van der Waals surface area contributed by atoms with Crippen molar-refractivity contribution in [3.05, 3.63) is 54.6 Å². The fourth-order valence-electron chi connectivity index (χ4n) is 1.73. The third-order valence-electron chi connectivity index (χ3n) is 2.64.